The number of nitrogens with zero attached hydrogens (tertiary/aromatic N) is 2. The second-order valence-corrected chi connectivity index (χ2v) is 10.5. The number of carbonyl (C=O) groups is 3. The van der Waals surface area contributed by atoms with Crippen LogP contribution in [0.15, 0.2) is 59.2 Å². The predicted molar refractivity (Wildman–Crippen MR) is 136 cm³/mol. The molecule has 1 unspecified atom stereocenters. The fourth-order valence-corrected chi connectivity index (χ4v) is 5.40. The molecule has 2 aromatic carbocycles. The molecular weight excluding hydrogens is 512 g/mol. The van der Waals surface area contributed by atoms with Crippen LogP contribution in [0.2, 0.25) is 0 Å². The van der Waals surface area contributed by atoms with Gasteiger partial charge in [-0.05, 0) is 60.3 Å². The molecule has 8 heteroatoms. The van der Waals surface area contributed by atoms with Crippen LogP contribution < -0.4 is 0 Å². The number of carbonyl (C=O) groups excluding carboxylic acids is 3. The van der Waals surface area contributed by atoms with E-state index in [9.17, 15) is 14.4 Å². The van der Waals surface area contributed by atoms with E-state index in [1.165, 1.54) is 11.7 Å². The summed E-state index contributed by atoms with van der Waals surface area (Å²) in [4.78, 5) is 41.1. The van der Waals surface area contributed by atoms with Crippen molar-refractivity contribution in [3.63, 3.8) is 0 Å². The van der Waals surface area contributed by atoms with Crippen LogP contribution in [0.5, 0.6) is 0 Å². The smallest absolute Gasteiger partial charge is 0.419 e. The zero-order valence-corrected chi connectivity index (χ0v) is 21.9. The van der Waals surface area contributed by atoms with Crippen molar-refractivity contribution in [2.45, 2.75) is 57.7 Å². The number of fused-ring (bicyclic) bond motifs is 1. The summed E-state index contributed by atoms with van der Waals surface area (Å²) in [5.74, 6) is -0.577. The number of benzene rings is 2. The normalized spacial score (nSPS) is 18.2. The number of halogens is 1. The lowest BCUT2D eigenvalue weighted by Gasteiger charge is -2.36. The van der Waals surface area contributed by atoms with E-state index in [4.69, 9.17) is 9.47 Å². The molecule has 0 N–H and O–H groups in total. The van der Waals surface area contributed by atoms with Gasteiger partial charge in [0.15, 0.2) is 0 Å². The second-order valence-electron chi connectivity index (χ2n) is 9.77. The minimum absolute atomic E-state index is 0.105. The van der Waals surface area contributed by atoms with Gasteiger partial charge in [0, 0.05) is 24.8 Å². The number of aromatic nitrogens is 1. The number of ether oxygens (including phenoxy) is 2. The van der Waals surface area contributed by atoms with Crippen molar-refractivity contribution in [2.24, 2.45) is 0 Å². The Bertz CT molecular complexity index is 1280. The maximum atomic E-state index is 13.3. The third-order valence-electron chi connectivity index (χ3n) is 6.28. The summed E-state index contributed by atoms with van der Waals surface area (Å²) in [6, 6.07) is 17.0. The van der Waals surface area contributed by atoms with Gasteiger partial charge in [-0.1, -0.05) is 48.5 Å². The van der Waals surface area contributed by atoms with E-state index in [-0.39, 0.29) is 25.3 Å². The Labute approximate surface area is 213 Å². The number of rotatable bonds is 5. The van der Waals surface area contributed by atoms with Crippen LogP contribution in [0, 0.1) is 0 Å². The summed E-state index contributed by atoms with van der Waals surface area (Å²) in [6.45, 7) is 5.72. The van der Waals surface area contributed by atoms with E-state index in [1.54, 1.807) is 4.90 Å². The van der Waals surface area contributed by atoms with Gasteiger partial charge in [-0.2, -0.15) is 0 Å². The number of hydrogen-bond acceptors (Lipinski definition) is 5. The predicted octanol–water partition coefficient (Wildman–Crippen LogP) is 5.46. The van der Waals surface area contributed by atoms with Crippen LogP contribution in [-0.2, 0) is 32.0 Å². The lowest BCUT2D eigenvalue weighted by Crippen LogP contribution is -2.53. The van der Waals surface area contributed by atoms with Crippen LogP contribution in [-0.4, -0.2) is 45.7 Å². The molecule has 3 aromatic rings. The first-order valence-electron chi connectivity index (χ1n) is 11.5. The minimum atomic E-state index is -1.20. The molecule has 1 aliphatic rings. The van der Waals surface area contributed by atoms with Crippen molar-refractivity contribution >= 4 is 44.8 Å². The molecule has 0 radical (unpaired) electrons. The number of likely N-dealkylation sites (tertiary alicyclic amines) is 1. The maximum absolute atomic E-state index is 13.3. The van der Waals surface area contributed by atoms with Gasteiger partial charge in [0.1, 0.15) is 11.1 Å². The molecular formula is C27H29BrN2O5. The lowest BCUT2D eigenvalue weighted by molar-refractivity contribution is -0.158. The van der Waals surface area contributed by atoms with Crippen molar-refractivity contribution in [2.75, 3.05) is 7.11 Å². The Hall–Kier alpha value is -3.13. The number of amides is 1. The standard InChI is InChI=1S/C27H29BrN2O5/c1-26(2,3)35-25(33)30-21-13-9-8-12-19(21)20(23(30)28)16-27(24(32)34-4)15-14-22(31)29(27)17-18-10-6-5-7-11-18/h5-13H,14-17H2,1-4H3. The molecule has 1 fully saturated rings. The van der Waals surface area contributed by atoms with Gasteiger partial charge in [-0.25, -0.2) is 14.2 Å². The molecule has 1 aliphatic heterocycles. The van der Waals surface area contributed by atoms with E-state index in [0.717, 1.165) is 16.5 Å². The van der Waals surface area contributed by atoms with Crippen molar-refractivity contribution in [1.29, 1.82) is 0 Å². The maximum Gasteiger partial charge on any atom is 0.419 e. The highest BCUT2D eigenvalue weighted by Gasteiger charge is 2.52. The fraction of sp³-hybridized carbons (Fsp3) is 0.370. The third-order valence-corrected chi connectivity index (χ3v) is 7.11. The first-order chi connectivity index (χ1) is 16.6. The average molecular weight is 541 g/mol. The van der Waals surface area contributed by atoms with Crippen LogP contribution in [0.25, 0.3) is 10.9 Å². The topological polar surface area (TPSA) is 77.8 Å². The molecule has 4 rings (SSSR count). The zero-order valence-electron chi connectivity index (χ0n) is 20.3. The van der Waals surface area contributed by atoms with Gasteiger partial charge in [-0.3, -0.25) is 4.79 Å². The van der Waals surface area contributed by atoms with Crippen LogP contribution in [0.4, 0.5) is 4.79 Å². The zero-order chi connectivity index (χ0) is 25.4. The van der Waals surface area contributed by atoms with Crippen molar-refractivity contribution in [1.82, 2.24) is 9.47 Å². The minimum Gasteiger partial charge on any atom is -0.467 e. The van der Waals surface area contributed by atoms with Gasteiger partial charge in [0.2, 0.25) is 5.91 Å². The number of methoxy groups -OCH3 is 1. The fourth-order valence-electron chi connectivity index (χ4n) is 4.71. The number of esters is 1. The highest BCUT2D eigenvalue weighted by atomic mass is 79.9. The average Bonchev–Trinajstić information content (AvgIpc) is 3.28. The Morgan fingerprint density at radius 1 is 1.06 bits per heavy atom. The third kappa shape index (κ3) is 4.72. The van der Waals surface area contributed by atoms with Gasteiger partial charge >= 0.3 is 12.1 Å². The molecule has 2 heterocycles. The van der Waals surface area contributed by atoms with Gasteiger partial charge in [0.05, 0.1) is 17.2 Å². The SMILES string of the molecule is COC(=O)C1(Cc2c(Br)n(C(=O)OC(C)(C)C)c3ccccc23)CCC(=O)N1Cc1ccccc1. The summed E-state index contributed by atoms with van der Waals surface area (Å²) in [7, 11) is 1.34. The largest absolute Gasteiger partial charge is 0.467 e. The second kappa shape index (κ2) is 9.49. The van der Waals surface area contributed by atoms with E-state index in [0.29, 0.717) is 16.5 Å². The van der Waals surface area contributed by atoms with Crippen molar-refractivity contribution in [3.8, 4) is 0 Å². The Kier molecular flexibility index (Phi) is 6.77. The molecule has 0 bridgehead atoms. The summed E-state index contributed by atoms with van der Waals surface area (Å²) in [5, 5.41) is 0.799. The van der Waals surface area contributed by atoms with Crippen molar-refractivity contribution in [3.05, 3.63) is 70.3 Å². The van der Waals surface area contributed by atoms with E-state index in [2.05, 4.69) is 15.9 Å². The number of para-hydroxylation sites is 1. The summed E-state index contributed by atoms with van der Waals surface area (Å²) in [6.07, 6.45) is 0.228. The molecule has 1 saturated heterocycles. The van der Waals surface area contributed by atoms with Crippen LogP contribution >= 0.6 is 15.9 Å². The molecule has 0 spiro atoms. The molecule has 35 heavy (non-hydrogen) atoms. The monoisotopic (exact) mass is 540 g/mol. The Balaban J connectivity index is 1.83. The first-order valence-corrected chi connectivity index (χ1v) is 12.3. The molecule has 1 atom stereocenters. The first kappa shape index (κ1) is 25.0. The van der Waals surface area contributed by atoms with E-state index < -0.39 is 23.2 Å². The van der Waals surface area contributed by atoms with Crippen LogP contribution in [0.3, 0.4) is 0 Å². The molecule has 1 aromatic heterocycles. The molecule has 7 nitrogen and oxygen atoms in total. The van der Waals surface area contributed by atoms with Crippen molar-refractivity contribution < 1.29 is 23.9 Å². The molecule has 1 amide bonds. The van der Waals surface area contributed by atoms with Gasteiger partial charge < -0.3 is 14.4 Å². The Morgan fingerprint density at radius 3 is 2.37 bits per heavy atom. The number of hydrogen-bond donors (Lipinski definition) is 0. The molecule has 0 aliphatic carbocycles. The van der Waals surface area contributed by atoms with Gasteiger partial charge in [0.25, 0.3) is 0 Å². The quantitative estimate of drug-likeness (QED) is 0.401. The summed E-state index contributed by atoms with van der Waals surface area (Å²) in [5.41, 5.74) is 0.436. The summed E-state index contributed by atoms with van der Waals surface area (Å²) < 4.78 is 12.9. The highest BCUT2D eigenvalue weighted by Crippen LogP contribution is 2.41. The molecule has 184 valence electrons. The van der Waals surface area contributed by atoms with E-state index in [1.807, 2.05) is 75.4 Å². The van der Waals surface area contributed by atoms with Crippen LogP contribution in [0.1, 0.15) is 44.7 Å². The molecule has 0 saturated carbocycles. The Morgan fingerprint density at radius 2 is 1.71 bits per heavy atom. The van der Waals surface area contributed by atoms with E-state index >= 15 is 0 Å². The lowest BCUT2D eigenvalue weighted by atomic mass is 9.87. The highest BCUT2D eigenvalue weighted by molar-refractivity contribution is 9.10. The summed E-state index contributed by atoms with van der Waals surface area (Å²) >= 11 is 3.61. The van der Waals surface area contributed by atoms with Gasteiger partial charge in [-0.15, -0.1) is 0 Å².